The molecule has 0 saturated heterocycles. The van der Waals surface area contributed by atoms with Gasteiger partial charge in [0.15, 0.2) is 0 Å². The average Bonchev–Trinajstić information content (AvgIpc) is 3.29. The predicted molar refractivity (Wildman–Crippen MR) is 109 cm³/mol. The fourth-order valence-corrected chi connectivity index (χ4v) is 3.35. The van der Waals surface area contributed by atoms with Gasteiger partial charge in [0.05, 0.1) is 33.4 Å². The Balaban J connectivity index is 1.58. The lowest BCUT2D eigenvalue weighted by molar-refractivity contribution is 0.102. The van der Waals surface area contributed by atoms with Gasteiger partial charge in [-0.3, -0.25) is 4.79 Å². The zero-order chi connectivity index (χ0) is 20.8. The second-order valence-electron chi connectivity index (χ2n) is 6.80. The van der Waals surface area contributed by atoms with Crippen LogP contribution in [0.4, 0.5) is 10.1 Å². The zero-order valence-electron chi connectivity index (χ0n) is 15.6. The minimum Gasteiger partial charge on any atom is -0.335 e. The normalized spacial score (nSPS) is 11.3. The molecule has 5 aromatic rings. The van der Waals surface area contributed by atoms with Crippen LogP contribution in [0.3, 0.4) is 0 Å². The first-order valence-electron chi connectivity index (χ1n) is 9.04. The zero-order valence-corrected chi connectivity index (χ0v) is 15.6. The molecule has 0 spiro atoms. The summed E-state index contributed by atoms with van der Waals surface area (Å²) >= 11 is 0. The third-order valence-electron chi connectivity index (χ3n) is 4.78. The Morgan fingerprint density at radius 1 is 1.07 bits per heavy atom. The molecule has 0 saturated carbocycles. The van der Waals surface area contributed by atoms with E-state index in [1.807, 2.05) is 0 Å². The van der Waals surface area contributed by atoms with Crippen LogP contribution in [-0.2, 0) is 0 Å². The molecule has 0 aliphatic heterocycles. The molecule has 9 heteroatoms. The molecule has 148 valence electrons. The Morgan fingerprint density at radius 2 is 1.83 bits per heavy atom. The largest absolute Gasteiger partial charge is 0.335 e. The number of aromatic amines is 2. The highest BCUT2D eigenvalue weighted by molar-refractivity contribution is 6.13. The van der Waals surface area contributed by atoms with Crippen LogP contribution in [0, 0.1) is 12.7 Å². The van der Waals surface area contributed by atoms with Crippen molar-refractivity contribution in [3.63, 3.8) is 0 Å². The maximum atomic E-state index is 13.3. The number of hydrogen-bond acceptors (Lipinski definition) is 5. The van der Waals surface area contributed by atoms with Crippen LogP contribution in [0.25, 0.3) is 33.4 Å². The molecule has 0 aliphatic carbocycles. The van der Waals surface area contributed by atoms with E-state index in [9.17, 15) is 14.0 Å². The van der Waals surface area contributed by atoms with Crippen LogP contribution < -0.4 is 11.0 Å². The lowest BCUT2D eigenvalue weighted by Crippen LogP contribution is -2.13. The molecule has 0 aliphatic rings. The van der Waals surface area contributed by atoms with Gasteiger partial charge in [-0.25, -0.2) is 14.2 Å². The van der Waals surface area contributed by atoms with Crippen molar-refractivity contribution in [3.8, 4) is 11.3 Å². The molecule has 3 aromatic heterocycles. The summed E-state index contributed by atoms with van der Waals surface area (Å²) in [6, 6.07) is 12.4. The third-order valence-corrected chi connectivity index (χ3v) is 4.78. The standard InChI is InChI=1S/C21H14FN5O3/c1-10-18-14(19(28)23-13-6-7-15-17(8-13)26-21(29)25-15)9-16(24-20(18)30-27-10)11-2-4-12(22)5-3-11/h2-9H,1H3,(H,23,28)(H2,25,26,29). The number of hydrogen-bond donors (Lipinski definition) is 3. The first kappa shape index (κ1) is 17.8. The summed E-state index contributed by atoms with van der Waals surface area (Å²) in [6.45, 7) is 1.72. The molecule has 8 nitrogen and oxygen atoms in total. The minimum absolute atomic E-state index is 0.213. The van der Waals surface area contributed by atoms with Crippen LogP contribution in [0.1, 0.15) is 16.1 Å². The number of carbonyl (C=O) groups excluding carboxylic acids is 1. The molecule has 3 N–H and O–H groups in total. The summed E-state index contributed by atoms with van der Waals surface area (Å²) in [5.41, 5.74) is 3.54. The van der Waals surface area contributed by atoms with Crippen LogP contribution in [-0.4, -0.2) is 26.0 Å². The van der Waals surface area contributed by atoms with E-state index in [2.05, 4.69) is 25.4 Å². The Hall–Kier alpha value is -4.27. The van der Waals surface area contributed by atoms with Gasteiger partial charge < -0.3 is 19.8 Å². The average molecular weight is 403 g/mol. The molecule has 1 amide bonds. The fraction of sp³-hybridized carbons (Fsp3) is 0.0476. The van der Waals surface area contributed by atoms with E-state index in [1.54, 1.807) is 43.3 Å². The number of aryl methyl sites for hydroxylation is 1. The molecule has 0 bridgehead atoms. The van der Waals surface area contributed by atoms with Gasteiger partial charge in [-0.2, -0.15) is 0 Å². The Bertz CT molecular complexity index is 1480. The minimum atomic E-state index is -0.394. The molecule has 3 heterocycles. The lowest BCUT2D eigenvalue weighted by atomic mass is 10.0. The fourth-order valence-electron chi connectivity index (χ4n) is 3.35. The van der Waals surface area contributed by atoms with Gasteiger partial charge in [-0.15, -0.1) is 0 Å². The molecule has 30 heavy (non-hydrogen) atoms. The van der Waals surface area contributed by atoms with E-state index in [0.29, 0.717) is 44.6 Å². The third kappa shape index (κ3) is 3.02. The number of pyridine rings is 1. The number of carbonyl (C=O) groups is 1. The van der Waals surface area contributed by atoms with E-state index in [1.165, 1.54) is 12.1 Å². The molecule has 0 atom stereocenters. The first-order chi connectivity index (χ1) is 14.5. The van der Waals surface area contributed by atoms with Crippen molar-refractivity contribution >= 4 is 33.7 Å². The maximum Gasteiger partial charge on any atom is 0.323 e. The van der Waals surface area contributed by atoms with Crippen molar-refractivity contribution < 1.29 is 13.7 Å². The molecule has 0 radical (unpaired) electrons. The molecule has 0 fully saturated rings. The molecular weight excluding hydrogens is 389 g/mol. The number of imidazole rings is 1. The second kappa shape index (κ2) is 6.66. The van der Waals surface area contributed by atoms with Crippen molar-refractivity contribution in [2.45, 2.75) is 6.92 Å². The molecular formula is C21H14FN5O3. The predicted octanol–water partition coefficient (Wildman–Crippen LogP) is 3.76. The van der Waals surface area contributed by atoms with E-state index in [0.717, 1.165) is 0 Å². The Labute approximate surface area is 167 Å². The highest BCUT2D eigenvalue weighted by Gasteiger charge is 2.20. The van der Waals surface area contributed by atoms with Crippen LogP contribution in [0.2, 0.25) is 0 Å². The summed E-state index contributed by atoms with van der Waals surface area (Å²) in [7, 11) is 0. The highest BCUT2D eigenvalue weighted by Crippen LogP contribution is 2.28. The van der Waals surface area contributed by atoms with Crippen LogP contribution >= 0.6 is 0 Å². The number of H-pyrrole nitrogens is 2. The van der Waals surface area contributed by atoms with Gasteiger partial charge >= 0.3 is 5.69 Å². The van der Waals surface area contributed by atoms with E-state index in [4.69, 9.17) is 4.52 Å². The number of nitrogens with one attached hydrogen (secondary N) is 3. The summed E-state index contributed by atoms with van der Waals surface area (Å²) in [6.07, 6.45) is 0. The first-order valence-corrected chi connectivity index (χ1v) is 9.04. The summed E-state index contributed by atoms with van der Waals surface area (Å²) in [5, 5.41) is 7.24. The number of rotatable bonds is 3. The second-order valence-corrected chi connectivity index (χ2v) is 6.80. The SMILES string of the molecule is Cc1noc2nc(-c3ccc(F)cc3)cc(C(=O)Nc3ccc4[nH]c(=O)[nH]c4c3)c12. The number of anilines is 1. The molecule has 5 rings (SSSR count). The van der Waals surface area contributed by atoms with E-state index < -0.39 is 5.91 Å². The van der Waals surface area contributed by atoms with Gasteiger partial charge in [0, 0.05) is 11.3 Å². The Kier molecular flexibility index (Phi) is 3.95. The smallest absolute Gasteiger partial charge is 0.323 e. The quantitative estimate of drug-likeness (QED) is 0.424. The maximum absolute atomic E-state index is 13.3. The van der Waals surface area contributed by atoms with Crippen molar-refractivity contribution in [3.05, 3.63) is 76.1 Å². The summed E-state index contributed by atoms with van der Waals surface area (Å²) < 4.78 is 18.6. The lowest BCUT2D eigenvalue weighted by Gasteiger charge is -2.08. The summed E-state index contributed by atoms with van der Waals surface area (Å²) in [4.78, 5) is 34.3. The monoisotopic (exact) mass is 403 g/mol. The molecule has 2 aromatic carbocycles. The van der Waals surface area contributed by atoms with E-state index >= 15 is 0 Å². The number of halogens is 1. The number of amides is 1. The van der Waals surface area contributed by atoms with Gasteiger partial charge in [0.2, 0.25) is 0 Å². The molecule has 0 unspecified atom stereocenters. The van der Waals surface area contributed by atoms with Crippen molar-refractivity contribution in [2.75, 3.05) is 5.32 Å². The summed E-state index contributed by atoms with van der Waals surface area (Å²) in [5.74, 6) is -0.763. The van der Waals surface area contributed by atoms with Crippen LogP contribution in [0.5, 0.6) is 0 Å². The number of fused-ring (bicyclic) bond motifs is 2. The Morgan fingerprint density at radius 3 is 2.63 bits per heavy atom. The van der Waals surface area contributed by atoms with Crippen molar-refractivity contribution in [1.82, 2.24) is 20.1 Å². The number of aromatic nitrogens is 4. The van der Waals surface area contributed by atoms with Gasteiger partial charge in [-0.05, 0) is 55.5 Å². The number of nitrogens with zero attached hydrogens (tertiary/aromatic N) is 2. The number of benzene rings is 2. The topological polar surface area (TPSA) is 117 Å². The van der Waals surface area contributed by atoms with Crippen molar-refractivity contribution in [1.29, 1.82) is 0 Å². The highest BCUT2D eigenvalue weighted by atomic mass is 19.1. The van der Waals surface area contributed by atoms with Gasteiger partial charge in [0.1, 0.15) is 5.82 Å². The van der Waals surface area contributed by atoms with Gasteiger partial charge in [0.25, 0.3) is 11.6 Å². The van der Waals surface area contributed by atoms with Crippen LogP contribution in [0.15, 0.2) is 57.8 Å². The van der Waals surface area contributed by atoms with Gasteiger partial charge in [-0.1, -0.05) is 5.16 Å². The van der Waals surface area contributed by atoms with Crippen molar-refractivity contribution in [2.24, 2.45) is 0 Å². The van der Waals surface area contributed by atoms with E-state index in [-0.39, 0.29) is 17.2 Å².